The Morgan fingerprint density at radius 2 is 1.85 bits per heavy atom. The summed E-state index contributed by atoms with van der Waals surface area (Å²) in [6.07, 6.45) is -1.29. The maximum atomic E-state index is 12.5. The lowest BCUT2D eigenvalue weighted by atomic mass is 10.1. The number of nitriles is 1. The molecule has 0 amide bonds. The fraction of sp³-hybridized carbons (Fsp3) is 0.389. The highest BCUT2D eigenvalue weighted by Gasteiger charge is 2.22. The molecule has 0 spiro atoms. The van der Waals surface area contributed by atoms with Crippen molar-refractivity contribution >= 4 is 17.3 Å². The van der Waals surface area contributed by atoms with Gasteiger partial charge in [0.2, 0.25) is 0 Å². The van der Waals surface area contributed by atoms with Crippen LogP contribution in [-0.4, -0.2) is 47.3 Å². The fourth-order valence-corrected chi connectivity index (χ4v) is 3.29. The van der Waals surface area contributed by atoms with Crippen LogP contribution in [0.2, 0.25) is 5.02 Å². The molecule has 142 valence electrons. The number of alkyl halides is 2. The van der Waals surface area contributed by atoms with Gasteiger partial charge in [-0.2, -0.15) is 10.4 Å². The Morgan fingerprint density at radius 3 is 2.44 bits per heavy atom. The van der Waals surface area contributed by atoms with Crippen molar-refractivity contribution in [1.29, 1.82) is 5.26 Å². The molecule has 3 rings (SSSR count). The molecule has 1 aliphatic rings. The molecular weight excluding hydrogens is 376 g/mol. The van der Waals surface area contributed by atoms with Crippen molar-refractivity contribution < 1.29 is 8.78 Å². The lowest BCUT2D eigenvalue weighted by Gasteiger charge is -2.36. The van der Waals surface area contributed by atoms with E-state index in [1.165, 1.54) is 6.20 Å². The molecule has 1 aliphatic heterocycles. The van der Waals surface area contributed by atoms with Crippen LogP contribution in [0, 0.1) is 11.3 Å². The van der Waals surface area contributed by atoms with Crippen molar-refractivity contribution in [3.8, 4) is 6.07 Å². The molecule has 1 fully saturated rings. The first-order valence-electron chi connectivity index (χ1n) is 8.48. The Morgan fingerprint density at radius 1 is 1.19 bits per heavy atom. The molecule has 0 aliphatic carbocycles. The van der Waals surface area contributed by atoms with Crippen LogP contribution in [-0.2, 0) is 13.1 Å². The molecule has 2 heterocycles. The number of hydrogen-bond donors (Lipinski definition) is 0. The minimum atomic E-state index is -2.66. The van der Waals surface area contributed by atoms with E-state index in [0.717, 1.165) is 25.2 Å². The summed E-state index contributed by atoms with van der Waals surface area (Å²) in [4.78, 5) is 16.3. The van der Waals surface area contributed by atoms with E-state index in [1.807, 2.05) is 17.0 Å². The lowest BCUT2D eigenvalue weighted by molar-refractivity contribution is 0.119. The van der Waals surface area contributed by atoms with Crippen LogP contribution in [0.1, 0.15) is 11.1 Å². The molecule has 2 aromatic rings. The van der Waals surface area contributed by atoms with Crippen LogP contribution in [0.25, 0.3) is 0 Å². The van der Waals surface area contributed by atoms with Crippen LogP contribution in [0.5, 0.6) is 0 Å². The van der Waals surface area contributed by atoms with Crippen LogP contribution >= 0.6 is 11.6 Å². The summed E-state index contributed by atoms with van der Waals surface area (Å²) >= 11 is 6.11. The first kappa shape index (κ1) is 19.3. The van der Waals surface area contributed by atoms with Crippen LogP contribution in [0.15, 0.2) is 35.3 Å². The number of halogens is 3. The molecule has 0 saturated carbocycles. The second kappa shape index (κ2) is 8.46. The number of piperazine rings is 1. The second-order valence-electron chi connectivity index (χ2n) is 6.29. The van der Waals surface area contributed by atoms with Crippen molar-refractivity contribution in [2.75, 3.05) is 31.1 Å². The van der Waals surface area contributed by atoms with Crippen molar-refractivity contribution in [1.82, 2.24) is 14.7 Å². The Balaban J connectivity index is 1.62. The summed E-state index contributed by atoms with van der Waals surface area (Å²) < 4.78 is 25.6. The number of nitrogens with zero attached hydrogens (tertiary/aromatic N) is 5. The molecular formula is C18H18ClF2N5O. The van der Waals surface area contributed by atoms with Gasteiger partial charge in [-0.15, -0.1) is 0 Å². The predicted octanol–water partition coefficient (Wildman–Crippen LogP) is 2.36. The van der Waals surface area contributed by atoms with Gasteiger partial charge in [-0.05, 0) is 17.7 Å². The summed E-state index contributed by atoms with van der Waals surface area (Å²) in [5, 5.41) is 12.6. The van der Waals surface area contributed by atoms with E-state index in [-0.39, 0.29) is 5.02 Å². The summed E-state index contributed by atoms with van der Waals surface area (Å²) in [7, 11) is 0. The monoisotopic (exact) mass is 393 g/mol. The van der Waals surface area contributed by atoms with Crippen molar-refractivity contribution in [2.24, 2.45) is 0 Å². The Labute approximate surface area is 160 Å². The maximum Gasteiger partial charge on any atom is 0.287 e. The third-order valence-electron chi connectivity index (χ3n) is 4.48. The molecule has 0 N–H and O–H groups in total. The number of benzene rings is 1. The van der Waals surface area contributed by atoms with Gasteiger partial charge in [0.1, 0.15) is 11.6 Å². The van der Waals surface area contributed by atoms with Gasteiger partial charge in [0, 0.05) is 32.7 Å². The highest BCUT2D eigenvalue weighted by atomic mass is 35.5. The van der Waals surface area contributed by atoms with E-state index in [1.54, 1.807) is 12.1 Å². The largest absolute Gasteiger partial charge is 0.366 e. The topological polar surface area (TPSA) is 65.2 Å². The van der Waals surface area contributed by atoms with E-state index >= 15 is 0 Å². The van der Waals surface area contributed by atoms with Crippen molar-refractivity contribution in [2.45, 2.75) is 19.5 Å². The highest BCUT2D eigenvalue weighted by molar-refractivity contribution is 6.33. The summed E-state index contributed by atoms with van der Waals surface area (Å²) in [5.41, 5.74) is 1.53. The Bertz CT molecular complexity index is 886. The van der Waals surface area contributed by atoms with Gasteiger partial charge < -0.3 is 4.90 Å². The Kier molecular flexibility index (Phi) is 6.04. The zero-order chi connectivity index (χ0) is 19.4. The van der Waals surface area contributed by atoms with Gasteiger partial charge in [-0.3, -0.25) is 9.69 Å². The van der Waals surface area contributed by atoms with Gasteiger partial charge in [0.25, 0.3) is 12.0 Å². The molecule has 1 aromatic carbocycles. The molecule has 0 atom stereocenters. The zero-order valence-corrected chi connectivity index (χ0v) is 15.2. The quantitative estimate of drug-likeness (QED) is 0.780. The maximum absolute atomic E-state index is 12.5. The third-order valence-corrected chi connectivity index (χ3v) is 4.83. The van der Waals surface area contributed by atoms with Crippen LogP contribution < -0.4 is 10.5 Å². The molecule has 1 aromatic heterocycles. The summed E-state index contributed by atoms with van der Waals surface area (Å²) in [6, 6.07) is 9.57. The van der Waals surface area contributed by atoms with Gasteiger partial charge in [-0.1, -0.05) is 23.7 Å². The smallest absolute Gasteiger partial charge is 0.287 e. The van der Waals surface area contributed by atoms with Crippen LogP contribution in [0.3, 0.4) is 0 Å². The van der Waals surface area contributed by atoms with Crippen LogP contribution in [0.4, 0.5) is 14.5 Å². The van der Waals surface area contributed by atoms with Gasteiger partial charge in [0.05, 0.1) is 23.5 Å². The first-order valence-corrected chi connectivity index (χ1v) is 8.86. The molecule has 27 heavy (non-hydrogen) atoms. The molecule has 0 bridgehead atoms. The Hall–Kier alpha value is -2.50. The molecule has 0 unspecified atom stereocenters. The fourth-order valence-electron chi connectivity index (χ4n) is 3.03. The van der Waals surface area contributed by atoms with Crippen molar-refractivity contribution in [3.63, 3.8) is 0 Å². The highest BCUT2D eigenvalue weighted by Crippen LogP contribution is 2.23. The van der Waals surface area contributed by atoms with Crippen molar-refractivity contribution in [3.05, 3.63) is 57.0 Å². The number of rotatable bonds is 5. The number of aromatic nitrogens is 2. The molecule has 6 nitrogen and oxygen atoms in total. The average molecular weight is 394 g/mol. The molecule has 9 heteroatoms. The van der Waals surface area contributed by atoms with E-state index < -0.39 is 18.5 Å². The lowest BCUT2D eigenvalue weighted by Crippen LogP contribution is -2.46. The predicted molar refractivity (Wildman–Crippen MR) is 98.2 cm³/mol. The summed E-state index contributed by atoms with van der Waals surface area (Å²) in [6.45, 7) is 2.82. The van der Waals surface area contributed by atoms with E-state index in [9.17, 15) is 13.6 Å². The van der Waals surface area contributed by atoms with E-state index in [0.29, 0.717) is 29.0 Å². The third kappa shape index (κ3) is 4.62. The van der Waals surface area contributed by atoms with E-state index in [2.05, 4.69) is 16.1 Å². The average Bonchev–Trinajstić information content (AvgIpc) is 2.67. The number of anilines is 1. The van der Waals surface area contributed by atoms with E-state index in [4.69, 9.17) is 16.9 Å². The molecule has 0 radical (unpaired) electrons. The SMILES string of the molecule is N#Cc1ccc(CN2CCN(c3cnn(CC(F)F)c(=O)c3Cl)CC2)cc1. The number of hydrogen-bond acceptors (Lipinski definition) is 5. The zero-order valence-electron chi connectivity index (χ0n) is 14.5. The molecule has 1 saturated heterocycles. The second-order valence-corrected chi connectivity index (χ2v) is 6.67. The van der Waals surface area contributed by atoms with Gasteiger partial charge in [-0.25, -0.2) is 13.5 Å². The van der Waals surface area contributed by atoms with Gasteiger partial charge >= 0.3 is 0 Å². The first-order chi connectivity index (χ1) is 13.0. The minimum absolute atomic E-state index is 0.0776. The normalized spacial score (nSPS) is 15.1. The van der Waals surface area contributed by atoms with Gasteiger partial charge in [0.15, 0.2) is 0 Å². The minimum Gasteiger partial charge on any atom is -0.366 e. The standard InChI is InChI=1S/C18H18ClF2N5O/c19-17-15(10-23-26(18(17)27)12-16(20)21)25-7-5-24(6-8-25)11-14-3-1-13(9-22)2-4-14/h1-4,10,16H,5-8,11-12H2. The summed E-state index contributed by atoms with van der Waals surface area (Å²) in [5.74, 6) is 0.